The number of alkyl carbamates (subject to hydrolysis) is 1. The molecule has 8 nitrogen and oxygen atoms in total. The zero-order chi connectivity index (χ0) is 21.7. The number of carbonyl (C=O) groups is 1. The number of nitrogens with zero attached hydrogens (tertiary/aromatic N) is 1. The third kappa shape index (κ3) is 12.7. The van der Waals surface area contributed by atoms with E-state index in [1.165, 1.54) is 0 Å². The van der Waals surface area contributed by atoms with Crippen molar-refractivity contribution < 1.29 is 19.0 Å². The number of benzene rings is 1. The SMILES string of the molecule is CN=C(NCCNC(=O)OC(C)(C)C)NCc1ccc(C)cc1OCCCOC.I. The maximum absolute atomic E-state index is 11.6. The van der Waals surface area contributed by atoms with Crippen LogP contribution in [0.3, 0.4) is 0 Å². The fourth-order valence-electron chi connectivity index (χ4n) is 2.39. The molecule has 0 aromatic heterocycles. The lowest BCUT2D eigenvalue weighted by Crippen LogP contribution is -2.42. The number of guanidine groups is 1. The highest BCUT2D eigenvalue weighted by Gasteiger charge is 2.15. The van der Waals surface area contributed by atoms with Crippen LogP contribution in [0.5, 0.6) is 5.75 Å². The number of nitrogens with one attached hydrogen (secondary N) is 3. The van der Waals surface area contributed by atoms with Crippen LogP contribution >= 0.6 is 24.0 Å². The van der Waals surface area contributed by atoms with Crippen molar-refractivity contribution in [3.63, 3.8) is 0 Å². The molecule has 0 fully saturated rings. The zero-order valence-corrected chi connectivity index (χ0v) is 21.3. The van der Waals surface area contributed by atoms with Crippen LogP contribution in [0.15, 0.2) is 23.2 Å². The van der Waals surface area contributed by atoms with E-state index in [9.17, 15) is 4.79 Å². The minimum absolute atomic E-state index is 0. The summed E-state index contributed by atoms with van der Waals surface area (Å²) < 4.78 is 16.2. The Labute approximate surface area is 197 Å². The first-order valence-electron chi connectivity index (χ1n) is 9.88. The number of ether oxygens (including phenoxy) is 3. The fraction of sp³-hybridized carbons (Fsp3) is 0.619. The molecule has 0 radical (unpaired) electrons. The van der Waals surface area contributed by atoms with Gasteiger partial charge >= 0.3 is 6.09 Å². The molecule has 1 aromatic carbocycles. The monoisotopic (exact) mass is 536 g/mol. The lowest BCUT2D eigenvalue weighted by Gasteiger charge is -2.20. The summed E-state index contributed by atoms with van der Waals surface area (Å²) >= 11 is 0. The van der Waals surface area contributed by atoms with Crippen molar-refractivity contribution in [2.45, 2.75) is 46.3 Å². The lowest BCUT2D eigenvalue weighted by atomic mass is 10.1. The first-order valence-corrected chi connectivity index (χ1v) is 9.88. The van der Waals surface area contributed by atoms with E-state index in [4.69, 9.17) is 14.2 Å². The summed E-state index contributed by atoms with van der Waals surface area (Å²) in [5.41, 5.74) is 1.68. The molecule has 0 aliphatic carbocycles. The van der Waals surface area contributed by atoms with Gasteiger partial charge in [0.25, 0.3) is 0 Å². The highest BCUT2D eigenvalue weighted by atomic mass is 127. The molecule has 0 spiro atoms. The van der Waals surface area contributed by atoms with Gasteiger partial charge in [0.15, 0.2) is 5.96 Å². The second-order valence-electron chi connectivity index (χ2n) is 7.59. The second kappa shape index (κ2) is 15.1. The van der Waals surface area contributed by atoms with Gasteiger partial charge in [0.2, 0.25) is 0 Å². The Morgan fingerprint density at radius 2 is 1.80 bits per heavy atom. The molecule has 9 heteroatoms. The van der Waals surface area contributed by atoms with Crippen LogP contribution in [-0.4, -0.2) is 58.1 Å². The highest BCUT2D eigenvalue weighted by Crippen LogP contribution is 2.20. The quantitative estimate of drug-likeness (QED) is 0.184. The standard InChI is InChI=1S/C21H36N4O4.HI/c1-16-8-9-17(18(14-16)28-13-7-12-27-6)15-25-19(22-5)23-10-11-24-20(26)29-21(2,3)4;/h8-9,14H,7,10-13,15H2,1-6H3,(H,24,26)(H2,22,23,25);1H. The summed E-state index contributed by atoms with van der Waals surface area (Å²) in [7, 11) is 3.39. The normalized spacial score (nSPS) is 11.3. The maximum atomic E-state index is 11.6. The number of aryl methyl sites for hydroxylation is 1. The Kier molecular flexibility index (Phi) is 14.2. The predicted octanol–water partition coefficient (Wildman–Crippen LogP) is 3.22. The molecule has 0 bridgehead atoms. The van der Waals surface area contributed by atoms with E-state index in [2.05, 4.69) is 27.0 Å². The molecule has 3 N–H and O–H groups in total. The van der Waals surface area contributed by atoms with Gasteiger partial charge < -0.3 is 30.2 Å². The first-order chi connectivity index (χ1) is 13.7. The van der Waals surface area contributed by atoms with Gasteiger partial charge in [0, 0.05) is 52.4 Å². The zero-order valence-electron chi connectivity index (χ0n) is 19.0. The number of aliphatic imine (C=N–C) groups is 1. The van der Waals surface area contributed by atoms with Crippen molar-refractivity contribution in [2.75, 3.05) is 40.5 Å². The lowest BCUT2D eigenvalue weighted by molar-refractivity contribution is 0.0529. The Morgan fingerprint density at radius 1 is 1.10 bits per heavy atom. The van der Waals surface area contributed by atoms with Crippen molar-refractivity contribution in [1.29, 1.82) is 0 Å². The summed E-state index contributed by atoms with van der Waals surface area (Å²) in [5, 5.41) is 9.13. The van der Waals surface area contributed by atoms with E-state index < -0.39 is 11.7 Å². The molecule has 1 aromatic rings. The number of halogens is 1. The molecule has 0 aliphatic heterocycles. The number of rotatable bonds is 10. The molecule has 30 heavy (non-hydrogen) atoms. The average molecular weight is 536 g/mol. The minimum Gasteiger partial charge on any atom is -0.493 e. The van der Waals surface area contributed by atoms with E-state index in [-0.39, 0.29) is 24.0 Å². The molecule has 0 unspecified atom stereocenters. The van der Waals surface area contributed by atoms with E-state index >= 15 is 0 Å². The van der Waals surface area contributed by atoms with Gasteiger partial charge in [0.1, 0.15) is 11.4 Å². The van der Waals surface area contributed by atoms with Gasteiger partial charge in [-0.25, -0.2) is 4.79 Å². The number of methoxy groups -OCH3 is 1. The predicted molar refractivity (Wildman–Crippen MR) is 131 cm³/mol. The van der Waals surface area contributed by atoms with E-state index in [0.717, 1.165) is 23.3 Å². The molecular formula is C21H37IN4O4. The van der Waals surface area contributed by atoms with Crippen molar-refractivity contribution >= 4 is 36.0 Å². The third-order valence-corrected chi connectivity index (χ3v) is 3.73. The van der Waals surface area contributed by atoms with Crippen molar-refractivity contribution in [3.8, 4) is 5.75 Å². The number of amides is 1. The Hall–Kier alpha value is -1.75. The number of carbonyl (C=O) groups excluding carboxylic acids is 1. The Balaban J connectivity index is 0.00000841. The van der Waals surface area contributed by atoms with Crippen LogP contribution in [0.1, 0.15) is 38.3 Å². The minimum atomic E-state index is -0.507. The van der Waals surface area contributed by atoms with Crippen LogP contribution in [0.2, 0.25) is 0 Å². The Morgan fingerprint density at radius 3 is 2.43 bits per heavy atom. The molecule has 0 saturated carbocycles. The molecule has 0 aliphatic rings. The summed E-state index contributed by atoms with van der Waals surface area (Å²) in [6.07, 6.45) is 0.405. The van der Waals surface area contributed by atoms with Crippen LogP contribution in [0.25, 0.3) is 0 Å². The summed E-state index contributed by atoms with van der Waals surface area (Å²) in [4.78, 5) is 15.9. The number of hydrogen-bond acceptors (Lipinski definition) is 5. The third-order valence-electron chi connectivity index (χ3n) is 3.73. The van der Waals surface area contributed by atoms with Crippen molar-refractivity contribution in [3.05, 3.63) is 29.3 Å². The van der Waals surface area contributed by atoms with Gasteiger partial charge in [-0.15, -0.1) is 24.0 Å². The topological polar surface area (TPSA) is 93.2 Å². The largest absolute Gasteiger partial charge is 0.493 e. The Bertz CT molecular complexity index is 663. The molecule has 0 heterocycles. The van der Waals surface area contributed by atoms with Crippen LogP contribution in [0.4, 0.5) is 4.79 Å². The molecule has 0 saturated heterocycles. The molecule has 172 valence electrons. The van der Waals surface area contributed by atoms with E-state index in [1.54, 1.807) is 14.2 Å². The summed E-state index contributed by atoms with van der Waals surface area (Å²) in [6, 6.07) is 6.13. The van der Waals surface area contributed by atoms with Crippen LogP contribution in [-0.2, 0) is 16.0 Å². The average Bonchev–Trinajstić information content (AvgIpc) is 2.64. The first kappa shape index (κ1) is 28.2. The maximum Gasteiger partial charge on any atom is 0.407 e. The second-order valence-corrected chi connectivity index (χ2v) is 7.59. The molecule has 1 rings (SSSR count). The van der Waals surface area contributed by atoms with Crippen LogP contribution < -0.4 is 20.7 Å². The number of hydrogen-bond donors (Lipinski definition) is 3. The van der Waals surface area contributed by atoms with E-state index in [1.807, 2.05) is 39.8 Å². The van der Waals surface area contributed by atoms with Gasteiger partial charge in [0.05, 0.1) is 6.61 Å². The van der Waals surface area contributed by atoms with Gasteiger partial charge in [-0.05, 0) is 39.3 Å². The van der Waals surface area contributed by atoms with Gasteiger partial charge in [-0.3, -0.25) is 4.99 Å². The van der Waals surface area contributed by atoms with Crippen molar-refractivity contribution in [2.24, 2.45) is 4.99 Å². The summed E-state index contributed by atoms with van der Waals surface area (Å²) in [5.74, 6) is 1.50. The highest BCUT2D eigenvalue weighted by molar-refractivity contribution is 14.0. The van der Waals surface area contributed by atoms with Gasteiger partial charge in [-0.1, -0.05) is 12.1 Å². The molecule has 0 atom stereocenters. The van der Waals surface area contributed by atoms with Gasteiger partial charge in [-0.2, -0.15) is 0 Å². The molecule has 1 amide bonds. The smallest absolute Gasteiger partial charge is 0.407 e. The van der Waals surface area contributed by atoms with E-state index in [0.29, 0.717) is 38.8 Å². The summed E-state index contributed by atoms with van der Waals surface area (Å²) in [6.45, 7) is 10.3. The van der Waals surface area contributed by atoms with Crippen molar-refractivity contribution in [1.82, 2.24) is 16.0 Å². The van der Waals surface area contributed by atoms with Crippen LogP contribution in [0, 0.1) is 6.92 Å². The molecular weight excluding hydrogens is 499 g/mol. The fourth-order valence-corrected chi connectivity index (χ4v) is 2.39.